The maximum absolute atomic E-state index is 13.2. The summed E-state index contributed by atoms with van der Waals surface area (Å²) in [4.78, 5) is 24.0. The highest BCUT2D eigenvalue weighted by molar-refractivity contribution is 7.89. The Kier molecular flexibility index (Phi) is 9.98. The Morgan fingerprint density at radius 2 is 1.73 bits per heavy atom. The van der Waals surface area contributed by atoms with E-state index < -0.39 is 27.8 Å². The second-order valence-corrected chi connectivity index (χ2v) is 10.0. The molecule has 196 valence electrons. The number of nitrogens with one attached hydrogen (secondary N) is 3. The summed E-state index contributed by atoms with van der Waals surface area (Å²) in [6, 6.07) is 16.6. The number of hydrogen-bond acceptors (Lipinski definition) is 6. The number of amides is 2. The quantitative estimate of drug-likeness (QED) is 0.155. The average Bonchev–Trinajstić information content (AvgIpc) is 2.90. The molecule has 12 heteroatoms. The minimum Gasteiger partial charge on any atom is -0.489 e. The van der Waals surface area contributed by atoms with E-state index in [9.17, 15) is 22.4 Å². The monoisotopic (exact) mass is 549 g/mol. The van der Waals surface area contributed by atoms with Crippen LogP contribution in [0.25, 0.3) is 0 Å². The van der Waals surface area contributed by atoms with Crippen molar-refractivity contribution in [3.05, 3.63) is 94.8 Å². The van der Waals surface area contributed by atoms with Crippen molar-refractivity contribution < 1.29 is 32.3 Å². The highest BCUT2D eigenvalue weighted by atomic mass is 35.5. The highest BCUT2D eigenvalue weighted by Gasteiger charge is 2.25. The first kappa shape index (κ1) is 28.1. The highest BCUT2D eigenvalue weighted by Crippen LogP contribution is 2.21. The number of rotatable bonds is 12. The number of hydroxylamine groups is 1. The lowest BCUT2D eigenvalue weighted by atomic mass is 10.1. The molecule has 0 fully saturated rings. The molecular weight excluding hydrogens is 525 g/mol. The van der Waals surface area contributed by atoms with Crippen molar-refractivity contribution in [2.24, 2.45) is 0 Å². The van der Waals surface area contributed by atoms with Gasteiger partial charge in [-0.3, -0.25) is 14.8 Å². The van der Waals surface area contributed by atoms with Gasteiger partial charge in [0.2, 0.25) is 10.0 Å². The molecule has 0 aromatic heterocycles. The summed E-state index contributed by atoms with van der Waals surface area (Å²) >= 11 is 5.98. The lowest BCUT2D eigenvalue weighted by Gasteiger charge is -2.17. The molecule has 2 amide bonds. The molecule has 0 aliphatic heterocycles. The van der Waals surface area contributed by atoms with Gasteiger partial charge in [-0.25, -0.2) is 18.3 Å². The van der Waals surface area contributed by atoms with Gasteiger partial charge in [-0.2, -0.15) is 4.72 Å². The summed E-state index contributed by atoms with van der Waals surface area (Å²) < 4.78 is 46.7. The van der Waals surface area contributed by atoms with E-state index in [1.807, 2.05) is 0 Å². The van der Waals surface area contributed by atoms with E-state index in [0.717, 1.165) is 6.07 Å². The molecule has 3 aromatic rings. The molecule has 0 unspecified atom stereocenters. The molecule has 3 rings (SSSR count). The third-order valence-electron chi connectivity index (χ3n) is 5.26. The van der Waals surface area contributed by atoms with Crippen LogP contribution in [-0.4, -0.2) is 38.0 Å². The van der Waals surface area contributed by atoms with E-state index in [4.69, 9.17) is 21.5 Å². The lowest BCUT2D eigenvalue weighted by molar-refractivity contribution is -0.131. The smallest absolute Gasteiger partial charge is 0.261 e. The first-order valence-corrected chi connectivity index (χ1v) is 13.0. The predicted molar refractivity (Wildman–Crippen MR) is 134 cm³/mol. The standard InChI is InChI=1S/C25H25ClFN3O6S/c26-22-15-19(27)9-8-18(22)16-36-20-10-12-21(13-11-20)37(34,35)30-23(25(32)29-33)7-4-14-28-24(31)17-5-2-1-3-6-17/h1-3,5-6,8-13,15,23,30,33H,4,7,14,16H2,(H,28,31)(H,29,32)/t23-/m1/s1. The molecule has 4 N–H and O–H groups in total. The summed E-state index contributed by atoms with van der Waals surface area (Å²) in [5, 5.41) is 11.9. The minimum absolute atomic E-state index is 0.0142. The van der Waals surface area contributed by atoms with Gasteiger partial charge in [-0.05, 0) is 61.4 Å². The van der Waals surface area contributed by atoms with Gasteiger partial charge in [-0.1, -0.05) is 35.9 Å². The third kappa shape index (κ3) is 8.25. The summed E-state index contributed by atoms with van der Waals surface area (Å²) in [5.74, 6) is -1.36. The molecule has 37 heavy (non-hydrogen) atoms. The fraction of sp³-hybridized carbons (Fsp3) is 0.200. The Balaban J connectivity index is 1.56. The molecule has 3 aromatic carbocycles. The second-order valence-electron chi connectivity index (χ2n) is 7.91. The van der Waals surface area contributed by atoms with Crippen molar-refractivity contribution in [3.8, 4) is 5.75 Å². The number of halogens is 2. The van der Waals surface area contributed by atoms with E-state index in [-0.39, 0.29) is 41.8 Å². The molecule has 0 aliphatic carbocycles. The molecule has 9 nitrogen and oxygen atoms in total. The van der Waals surface area contributed by atoms with Crippen molar-refractivity contribution in [3.63, 3.8) is 0 Å². The Bertz CT molecular complexity index is 1320. The summed E-state index contributed by atoms with van der Waals surface area (Å²) in [7, 11) is -4.13. The Morgan fingerprint density at radius 1 is 1.03 bits per heavy atom. The SMILES string of the molecule is O=C(NCCC[C@@H](NS(=O)(=O)c1ccc(OCc2ccc(F)cc2Cl)cc1)C(=O)NO)c1ccccc1. The van der Waals surface area contributed by atoms with Crippen molar-refractivity contribution >= 4 is 33.4 Å². The van der Waals surface area contributed by atoms with Crippen molar-refractivity contribution in [2.75, 3.05) is 6.54 Å². The predicted octanol–water partition coefficient (Wildman–Crippen LogP) is 3.42. The summed E-state index contributed by atoms with van der Waals surface area (Å²) in [6.45, 7) is 0.234. The average molecular weight is 550 g/mol. The number of ether oxygens (including phenoxy) is 1. The van der Waals surface area contributed by atoms with Crippen LogP contribution in [-0.2, 0) is 21.4 Å². The number of carbonyl (C=O) groups excluding carboxylic acids is 2. The molecular formula is C25H25ClFN3O6S. The van der Waals surface area contributed by atoms with Gasteiger partial charge in [0.25, 0.3) is 11.8 Å². The first-order chi connectivity index (χ1) is 17.7. The van der Waals surface area contributed by atoms with E-state index in [0.29, 0.717) is 16.9 Å². The van der Waals surface area contributed by atoms with Crippen molar-refractivity contribution in [2.45, 2.75) is 30.4 Å². The van der Waals surface area contributed by atoms with Gasteiger partial charge < -0.3 is 10.1 Å². The van der Waals surface area contributed by atoms with Crippen LogP contribution in [0.5, 0.6) is 5.75 Å². The molecule has 0 spiro atoms. The van der Waals surface area contributed by atoms with E-state index in [1.165, 1.54) is 41.9 Å². The summed E-state index contributed by atoms with van der Waals surface area (Å²) in [6.07, 6.45) is 0.276. The van der Waals surface area contributed by atoms with Crippen LogP contribution in [0.2, 0.25) is 5.02 Å². The van der Waals surface area contributed by atoms with Gasteiger partial charge in [0, 0.05) is 17.7 Å². The molecule has 0 aliphatic rings. The minimum atomic E-state index is -4.13. The van der Waals surface area contributed by atoms with Crippen LogP contribution in [0.3, 0.4) is 0 Å². The van der Waals surface area contributed by atoms with E-state index in [1.54, 1.807) is 30.3 Å². The molecule has 1 atom stereocenters. The molecule has 0 saturated heterocycles. The lowest BCUT2D eigenvalue weighted by Crippen LogP contribution is -2.46. The molecule has 0 radical (unpaired) electrons. The van der Waals surface area contributed by atoms with Gasteiger partial charge in [0.1, 0.15) is 24.2 Å². The van der Waals surface area contributed by atoms with Gasteiger partial charge in [0.15, 0.2) is 0 Å². The van der Waals surface area contributed by atoms with E-state index in [2.05, 4.69) is 10.0 Å². The molecule has 0 bridgehead atoms. The van der Waals surface area contributed by atoms with Gasteiger partial charge in [0.05, 0.1) is 9.92 Å². The first-order valence-electron chi connectivity index (χ1n) is 11.2. The van der Waals surface area contributed by atoms with Crippen molar-refractivity contribution in [1.29, 1.82) is 0 Å². The maximum Gasteiger partial charge on any atom is 0.261 e. The zero-order valence-corrected chi connectivity index (χ0v) is 21.1. The topological polar surface area (TPSA) is 134 Å². The Labute approximate surface area is 218 Å². The van der Waals surface area contributed by atoms with Crippen LogP contribution in [0.4, 0.5) is 4.39 Å². The van der Waals surface area contributed by atoms with Crippen LogP contribution in [0, 0.1) is 5.82 Å². The second kappa shape index (κ2) is 13.2. The number of sulfonamides is 1. The van der Waals surface area contributed by atoms with Gasteiger partial charge >= 0.3 is 0 Å². The van der Waals surface area contributed by atoms with Gasteiger partial charge in [-0.15, -0.1) is 0 Å². The van der Waals surface area contributed by atoms with Crippen molar-refractivity contribution in [1.82, 2.24) is 15.5 Å². The fourth-order valence-corrected chi connectivity index (χ4v) is 4.74. The zero-order chi connectivity index (χ0) is 26.8. The maximum atomic E-state index is 13.2. The number of benzene rings is 3. The number of carbonyl (C=O) groups is 2. The fourth-order valence-electron chi connectivity index (χ4n) is 3.29. The summed E-state index contributed by atoms with van der Waals surface area (Å²) in [5.41, 5.74) is 2.48. The normalized spacial score (nSPS) is 12.0. The molecule has 0 heterocycles. The largest absolute Gasteiger partial charge is 0.489 e. The van der Waals surface area contributed by atoms with Crippen LogP contribution >= 0.6 is 11.6 Å². The Hall–Kier alpha value is -3.51. The third-order valence-corrected chi connectivity index (χ3v) is 7.10. The molecule has 0 saturated carbocycles. The van der Waals surface area contributed by atoms with Crippen LogP contribution < -0.4 is 20.3 Å². The van der Waals surface area contributed by atoms with Crippen LogP contribution in [0.1, 0.15) is 28.8 Å². The Morgan fingerprint density at radius 3 is 2.38 bits per heavy atom. The zero-order valence-electron chi connectivity index (χ0n) is 19.5. The number of hydrogen-bond donors (Lipinski definition) is 4. The van der Waals surface area contributed by atoms with Crippen LogP contribution in [0.15, 0.2) is 77.7 Å². The van der Waals surface area contributed by atoms with E-state index >= 15 is 0 Å².